The van der Waals surface area contributed by atoms with E-state index < -0.39 is 6.09 Å². The minimum Gasteiger partial charge on any atom is -0.465 e. The van der Waals surface area contributed by atoms with Crippen LogP contribution in [0.2, 0.25) is 0 Å². The maximum absolute atomic E-state index is 10.3. The molecule has 4 N–H and O–H groups in total. The molecule has 0 saturated carbocycles. The monoisotopic (exact) mass is 222 g/mol. The second-order valence-corrected chi connectivity index (χ2v) is 4.09. The van der Waals surface area contributed by atoms with Crippen molar-refractivity contribution >= 4 is 11.8 Å². The Labute approximate surface area is 95.5 Å². The summed E-state index contributed by atoms with van der Waals surface area (Å²) in [6.45, 7) is 4.61. The molecular formula is C12H18N2O2. The summed E-state index contributed by atoms with van der Waals surface area (Å²) in [4.78, 5) is 10.3. The van der Waals surface area contributed by atoms with E-state index in [1.54, 1.807) is 0 Å². The van der Waals surface area contributed by atoms with Crippen LogP contribution in [0.15, 0.2) is 18.2 Å². The second-order valence-electron chi connectivity index (χ2n) is 4.09. The van der Waals surface area contributed by atoms with Crippen LogP contribution in [0.3, 0.4) is 0 Å². The molecule has 0 aliphatic heterocycles. The number of rotatable bonds is 4. The van der Waals surface area contributed by atoms with Crippen molar-refractivity contribution in [2.75, 3.05) is 12.3 Å². The lowest BCUT2D eigenvalue weighted by Gasteiger charge is -2.10. The van der Waals surface area contributed by atoms with E-state index in [9.17, 15) is 4.79 Å². The van der Waals surface area contributed by atoms with Gasteiger partial charge in [0.2, 0.25) is 0 Å². The molecule has 16 heavy (non-hydrogen) atoms. The van der Waals surface area contributed by atoms with Crippen molar-refractivity contribution in [1.29, 1.82) is 0 Å². The van der Waals surface area contributed by atoms with Crippen LogP contribution in [0.1, 0.15) is 30.9 Å². The molecule has 88 valence electrons. The molecule has 1 rings (SSSR count). The van der Waals surface area contributed by atoms with Gasteiger partial charge in [-0.15, -0.1) is 0 Å². The van der Waals surface area contributed by atoms with E-state index in [0.717, 1.165) is 11.3 Å². The van der Waals surface area contributed by atoms with E-state index in [4.69, 9.17) is 10.8 Å². The lowest BCUT2D eigenvalue weighted by atomic mass is 9.99. The molecule has 0 saturated heterocycles. The standard InChI is InChI=1S/C12H18N2O2/c1-8(2)10-4-3-9(11(13)7-10)5-6-14-12(15)16/h3-4,7-8,14H,5-6,13H2,1-2H3,(H,15,16). The van der Waals surface area contributed by atoms with Crippen molar-refractivity contribution in [3.05, 3.63) is 29.3 Å². The molecule has 0 radical (unpaired) electrons. The highest BCUT2D eigenvalue weighted by molar-refractivity contribution is 5.64. The van der Waals surface area contributed by atoms with E-state index in [2.05, 4.69) is 19.2 Å². The average Bonchev–Trinajstić information content (AvgIpc) is 2.19. The summed E-state index contributed by atoms with van der Waals surface area (Å²) < 4.78 is 0. The summed E-state index contributed by atoms with van der Waals surface area (Å²) in [5.74, 6) is 0.452. The second kappa shape index (κ2) is 5.39. The fourth-order valence-corrected chi connectivity index (χ4v) is 1.50. The molecule has 0 fully saturated rings. The lowest BCUT2D eigenvalue weighted by Crippen LogP contribution is -2.23. The summed E-state index contributed by atoms with van der Waals surface area (Å²) in [5, 5.41) is 10.8. The van der Waals surface area contributed by atoms with E-state index in [1.165, 1.54) is 5.56 Å². The lowest BCUT2D eigenvalue weighted by molar-refractivity contribution is 0.194. The Hall–Kier alpha value is -1.71. The van der Waals surface area contributed by atoms with E-state index in [-0.39, 0.29) is 0 Å². The van der Waals surface area contributed by atoms with Crippen molar-refractivity contribution in [2.24, 2.45) is 0 Å². The van der Waals surface area contributed by atoms with Gasteiger partial charge < -0.3 is 16.2 Å². The Bertz CT molecular complexity index is 375. The topological polar surface area (TPSA) is 75.3 Å². The minimum absolute atomic E-state index is 0.389. The maximum atomic E-state index is 10.3. The summed E-state index contributed by atoms with van der Waals surface area (Å²) in [7, 11) is 0. The van der Waals surface area contributed by atoms with E-state index in [0.29, 0.717) is 18.9 Å². The van der Waals surface area contributed by atoms with Gasteiger partial charge in [0, 0.05) is 12.2 Å². The number of nitrogen functional groups attached to an aromatic ring is 1. The number of benzene rings is 1. The quantitative estimate of drug-likeness (QED) is 0.683. The average molecular weight is 222 g/mol. The van der Waals surface area contributed by atoms with Gasteiger partial charge in [-0.05, 0) is 29.5 Å². The summed E-state index contributed by atoms with van der Waals surface area (Å²) in [5.41, 5.74) is 8.82. The number of anilines is 1. The summed E-state index contributed by atoms with van der Waals surface area (Å²) in [6, 6.07) is 5.96. The van der Waals surface area contributed by atoms with Gasteiger partial charge in [0.25, 0.3) is 0 Å². The first-order chi connectivity index (χ1) is 7.50. The van der Waals surface area contributed by atoms with Crippen molar-refractivity contribution in [3.63, 3.8) is 0 Å². The molecule has 0 unspecified atom stereocenters. The molecule has 0 aliphatic carbocycles. The zero-order valence-corrected chi connectivity index (χ0v) is 9.66. The molecule has 0 heterocycles. The number of amides is 1. The SMILES string of the molecule is CC(C)c1ccc(CCNC(=O)O)c(N)c1. The molecule has 4 nitrogen and oxygen atoms in total. The number of hydrogen-bond donors (Lipinski definition) is 3. The third kappa shape index (κ3) is 3.46. The Morgan fingerprint density at radius 2 is 2.19 bits per heavy atom. The highest BCUT2D eigenvalue weighted by Gasteiger charge is 2.04. The van der Waals surface area contributed by atoms with Crippen molar-refractivity contribution in [2.45, 2.75) is 26.2 Å². The normalized spacial score (nSPS) is 10.4. The third-order valence-corrected chi connectivity index (χ3v) is 2.51. The molecule has 0 atom stereocenters. The predicted molar refractivity (Wildman–Crippen MR) is 64.7 cm³/mol. The Morgan fingerprint density at radius 1 is 1.50 bits per heavy atom. The van der Waals surface area contributed by atoms with E-state index in [1.807, 2.05) is 18.2 Å². The number of carbonyl (C=O) groups is 1. The first kappa shape index (κ1) is 12.4. The highest BCUT2D eigenvalue weighted by Crippen LogP contribution is 2.20. The minimum atomic E-state index is -1.00. The number of hydrogen-bond acceptors (Lipinski definition) is 2. The van der Waals surface area contributed by atoms with Crippen LogP contribution in [-0.2, 0) is 6.42 Å². The molecule has 0 aromatic heterocycles. The zero-order valence-electron chi connectivity index (χ0n) is 9.66. The Kier molecular flexibility index (Phi) is 4.17. The number of nitrogens with one attached hydrogen (secondary N) is 1. The molecule has 1 aromatic carbocycles. The van der Waals surface area contributed by atoms with Gasteiger partial charge in [0.05, 0.1) is 0 Å². The van der Waals surface area contributed by atoms with Crippen LogP contribution < -0.4 is 11.1 Å². The maximum Gasteiger partial charge on any atom is 0.404 e. The van der Waals surface area contributed by atoms with Gasteiger partial charge in [0.15, 0.2) is 0 Å². The van der Waals surface area contributed by atoms with Crippen LogP contribution in [0, 0.1) is 0 Å². The molecule has 1 aromatic rings. The first-order valence-corrected chi connectivity index (χ1v) is 5.35. The highest BCUT2D eigenvalue weighted by atomic mass is 16.4. The van der Waals surface area contributed by atoms with Crippen LogP contribution in [0.4, 0.5) is 10.5 Å². The smallest absolute Gasteiger partial charge is 0.404 e. The summed E-state index contributed by atoms with van der Waals surface area (Å²) >= 11 is 0. The Balaban J connectivity index is 2.64. The van der Waals surface area contributed by atoms with Crippen LogP contribution >= 0.6 is 0 Å². The largest absolute Gasteiger partial charge is 0.465 e. The zero-order chi connectivity index (χ0) is 12.1. The van der Waals surface area contributed by atoms with Crippen molar-refractivity contribution < 1.29 is 9.90 Å². The molecule has 0 spiro atoms. The first-order valence-electron chi connectivity index (χ1n) is 5.35. The third-order valence-electron chi connectivity index (χ3n) is 2.51. The van der Waals surface area contributed by atoms with Gasteiger partial charge in [0.1, 0.15) is 0 Å². The summed E-state index contributed by atoms with van der Waals surface area (Å²) in [6.07, 6.45) is -0.381. The molecule has 4 heteroatoms. The van der Waals surface area contributed by atoms with Gasteiger partial charge in [-0.2, -0.15) is 0 Å². The Morgan fingerprint density at radius 3 is 2.69 bits per heavy atom. The van der Waals surface area contributed by atoms with Gasteiger partial charge in [-0.25, -0.2) is 4.79 Å². The fraction of sp³-hybridized carbons (Fsp3) is 0.417. The van der Waals surface area contributed by atoms with E-state index >= 15 is 0 Å². The van der Waals surface area contributed by atoms with Crippen LogP contribution in [0.5, 0.6) is 0 Å². The molecular weight excluding hydrogens is 204 g/mol. The molecule has 1 amide bonds. The number of carboxylic acid groups (broad SMARTS) is 1. The van der Waals surface area contributed by atoms with Crippen LogP contribution in [-0.4, -0.2) is 17.7 Å². The van der Waals surface area contributed by atoms with Gasteiger partial charge >= 0.3 is 6.09 Å². The van der Waals surface area contributed by atoms with Crippen molar-refractivity contribution in [3.8, 4) is 0 Å². The van der Waals surface area contributed by atoms with Gasteiger partial charge in [-0.3, -0.25) is 0 Å². The molecule has 0 bridgehead atoms. The molecule has 0 aliphatic rings. The predicted octanol–water partition coefficient (Wildman–Crippen LogP) is 2.20. The number of nitrogens with two attached hydrogens (primary N) is 1. The van der Waals surface area contributed by atoms with Crippen molar-refractivity contribution in [1.82, 2.24) is 5.32 Å². The van der Waals surface area contributed by atoms with Crippen LogP contribution in [0.25, 0.3) is 0 Å². The fourth-order valence-electron chi connectivity index (χ4n) is 1.50. The van der Waals surface area contributed by atoms with Gasteiger partial charge in [-0.1, -0.05) is 26.0 Å².